The largest absolute Gasteiger partial charge is 0.376 e. The average molecular weight is 402 g/mol. The lowest BCUT2D eigenvalue weighted by Crippen LogP contribution is -2.47. The summed E-state index contributed by atoms with van der Waals surface area (Å²) in [6.45, 7) is 11.9. The molecule has 2 fully saturated rings. The van der Waals surface area contributed by atoms with Gasteiger partial charge in [-0.15, -0.1) is 0 Å². The summed E-state index contributed by atoms with van der Waals surface area (Å²) in [5, 5.41) is 3.48. The SMILES string of the molecule is CCNC(=NCCc1ccc(C)cc1C)N1CCC(OCC2CCCCO2)CC1. The molecule has 0 aliphatic carbocycles. The number of ether oxygens (including phenoxy) is 2. The van der Waals surface area contributed by atoms with Crippen LogP contribution in [0.25, 0.3) is 0 Å². The van der Waals surface area contributed by atoms with Gasteiger partial charge in [-0.3, -0.25) is 4.99 Å². The van der Waals surface area contributed by atoms with Gasteiger partial charge < -0.3 is 19.7 Å². The fraction of sp³-hybridized carbons (Fsp3) is 0.708. The summed E-state index contributed by atoms with van der Waals surface area (Å²) in [5.41, 5.74) is 4.08. The third-order valence-electron chi connectivity index (χ3n) is 6.01. The molecule has 0 radical (unpaired) electrons. The number of nitrogens with one attached hydrogen (secondary N) is 1. The van der Waals surface area contributed by atoms with E-state index in [1.165, 1.54) is 29.5 Å². The molecular formula is C24H39N3O2. The smallest absolute Gasteiger partial charge is 0.193 e. The maximum absolute atomic E-state index is 6.16. The van der Waals surface area contributed by atoms with Crippen LogP contribution in [0, 0.1) is 13.8 Å². The summed E-state index contributed by atoms with van der Waals surface area (Å²) in [7, 11) is 0. The van der Waals surface area contributed by atoms with E-state index in [1.54, 1.807) is 0 Å². The first-order valence-electron chi connectivity index (χ1n) is 11.5. The summed E-state index contributed by atoms with van der Waals surface area (Å²) >= 11 is 0. The minimum absolute atomic E-state index is 0.311. The van der Waals surface area contributed by atoms with Crippen LogP contribution in [0.1, 0.15) is 55.7 Å². The number of hydrogen-bond acceptors (Lipinski definition) is 3. The van der Waals surface area contributed by atoms with Crippen molar-refractivity contribution in [2.45, 2.75) is 71.5 Å². The van der Waals surface area contributed by atoms with E-state index in [2.05, 4.69) is 49.2 Å². The highest BCUT2D eigenvalue weighted by Crippen LogP contribution is 2.18. The number of hydrogen-bond donors (Lipinski definition) is 1. The molecule has 1 atom stereocenters. The molecule has 1 unspecified atom stereocenters. The van der Waals surface area contributed by atoms with Gasteiger partial charge in [0.25, 0.3) is 0 Å². The second-order valence-electron chi connectivity index (χ2n) is 8.42. The van der Waals surface area contributed by atoms with E-state index in [-0.39, 0.29) is 0 Å². The average Bonchev–Trinajstić information content (AvgIpc) is 2.74. The van der Waals surface area contributed by atoms with Crippen molar-refractivity contribution in [3.8, 4) is 0 Å². The molecule has 0 spiro atoms. The van der Waals surface area contributed by atoms with Crippen LogP contribution in [0.4, 0.5) is 0 Å². The molecule has 0 bridgehead atoms. The van der Waals surface area contributed by atoms with Crippen LogP contribution in [0.2, 0.25) is 0 Å². The Balaban J connectivity index is 1.44. The third-order valence-corrected chi connectivity index (χ3v) is 6.01. The van der Waals surface area contributed by atoms with Crippen molar-refractivity contribution >= 4 is 5.96 Å². The zero-order valence-corrected chi connectivity index (χ0v) is 18.6. The van der Waals surface area contributed by atoms with Crippen molar-refractivity contribution in [3.05, 3.63) is 34.9 Å². The molecule has 0 saturated carbocycles. The molecular weight excluding hydrogens is 362 g/mol. The molecule has 5 heteroatoms. The zero-order chi connectivity index (χ0) is 20.5. The Morgan fingerprint density at radius 2 is 2.03 bits per heavy atom. The van der Waals surface area contributed by atoms with Gasteiger partial charge >= 0.3 is 0 Å². The van der Waals surface area contributed by atoms with Gasteiger partial charge in [-0.1, -0.05) is 23.8 Å². The maximum Gasteiger partial charge on any atom is 0.193 e. The van der Waals surface area contributed by atoms with Crippen molar-refractivity contribution in [3.63, 3.8) is 0 Å². The van der Waals surface area contributed by atoms with Gasteiger partial charge in [-0.05, 0) is 70.4 Å². The van der Waals surface area contributed by atoms with E-state index in [0.717, 1.165) is 71.0 Å². The van der Waals surface area contributed by atoms with Gasteiger partial charge in [0.2, 0.25) is 0 Å². The Bertz CT molecular complexity index is 648. The predicted molar refractivity (Wildman–Crippen MR) is 120 cm³/mol. The molecule has 1 aromatic rings. The van der Waals surface area contributed by atoms with Crippen molar-refractivity contribution in [1.29, 1.82) is 0 Å². The molecule has 1 N–H and O–H groups in total. The molecule has 29 heavy (non-hydrogen) atoms. The van der Waals surface area contributed by atoms with Crippen LogP contribution in [0.5, 0.6) is 0 Å². The van der Waals surface area contributed by atoms with E-state index in [4.69, 9.17) is 14.5 Å². The summed E-state index contributed by atoms with van der Waals surface area (Å²) in [4.78, 5) is 7.30. The quantitative estimate of drug-likeness (QED) is 0.557. The zero-order valence-electron chi connectivity index (χ0n) is 18.6. The molecule has 0 amide bonds. The van der Waals surface area contributed by atoms with Gasteiger partial charge in [-0.2, -0.15) is 0 Å². The highest BCUT2D eigenvalue weighted by Gasteiger charge is 2.23. The first kappa shape index (κ1) is 22.1. The number of aryl methyl sites for hydroxylation is 2. The molecule has 2 saturated heterocycles. The molecule has 5 nitrogen and oxygen atoms in total. The van der Waals surface area contributed by atoms with Crippen LogP contribution in [0.3, 0.4) is 0 Å². The van der Waals surface area contributed by atoms with Crippen LogP contribution < -0.4 is 5.32 Å². The van der Waals surface area contributed by atoms with E-state index in [1.807, 2.05) is 0 Å². The normalized spacial score (nSPS) is 21.4. The van der Waals surface area contributed by atoms with Crippen LogP contribution in [-0.4, -0.2) is 62.5 Å². The summed E-state index contributed by atoms with van der Waals surface area (Å²) < 4.78 is 12.0. The van der Waals surface area contributed by atoms with Crippen LogP contribution >= 0.6 is 0 Å². The van der Waals surface area contributed by atoms with Crippen molar-refractivity contribution in [2.75, 3.05) is 39.4 Å². The minimum atomic E-state index is 0.311. The second kappa shape index (κ2) is 11.6. The topological polar surface area (TPSA) is 46.1 Å². The number of guanidine groups is 1. The molecule has 2 heterocycles. The number of rotatable bonds is 7. The van der Waals surface area contributed by atoms with E-state index in [0.29, 0.717) is 12.2 Å². The standard InChI is InChI=1S/C24H39N3O2/c1-4-25-24(26-13-10-21-9-8-19(2)17-20(21)3)27-14-11-22(12-15-27)29-18-23-7-5-6-16-28-23/h8-9,17,22-23H,4-7,10-16,18H2,1-3H3,(H,25,26). The lowest BCUT2D eigenvalue weighted by molar-refractivity contribution is -0.0721. The number of benzene rings is 1. The summed E-state index contributed by atoms with van der Waals surface area (Å²) in [6.07, 6.45) is 7.41. The lowest BCUT2D eigenvalue weighted by atomic mass is 10.0. The fourth-order valence-corrected chi connectivity index (χ4v) is 4.25. The number of aliphatic imine (C=N–C) groups is 1. The molecule has 3 rings (SSSR count). The maximum atomic E-state index is 6.16. The Labute approximate surface area is 176 Å². The van der Waals surface area contributed by atoms with Crippen molar-refractivity contribution in [1.82, 2.24) is 10.2 Å². The van der Waals surface area contributed by atoms with Crippen LogP contribution in [-0.2, 0) is 15.9 Å². The van der Waals surface area contributed by atoms with Gasteiger partial charge in [0.1, 0.15) is 0 Å². The van der Waals surface area contributed by atoms with Gasteiger partial charge in [0.05, 0.1) is 18.8 Å². The molecule has 0 aromatic heterocycles. The van der Waals surface area contributed by atoms with E-state index < -0.39 is 0 Å². The molecule has 2 aliphatic heterocycles. The Morgan fingerprint density at radius 1 is 1.21 bits per heavy atom. The van der Waals surface area contributed by atoms with Gasteiger partial charge in [0, 0.05) is 32.8 Å². The Morgan fingerprint density at radius 3 is 2.72 bits per heavy atom. The molecule has 1 aromatic carbocycles. The number of likely N-dealkylation sites (tertiary alicyclic amines) is 1. The Hall–Kier alpha value is -1.59. The first-order valence-corrected chi connectivity index (χ1v) is 11.5. The first-order chi connectivity index (χ1) is 14.2. The van der Waals surface area contributed by atoms with Crippen molar-refractivity contribution in [2.24, 2.45) is 4.99 Å². The lowest BCUT2D eigenvalue weighted by Gasteiger charge is -2.35. The number of piperidine rings is 1. The van der Waals surface area contributed by atoms with Gasteiger partial charge in [-0.25, -0.2) is 0 Å². The highest BCUT2D eigenvalue weighted by molar-refractivity contribution is 5.80. The minimum Gasteiger partial charge on any atom is -0.376 e. The predicted octanol–water partition coefficient (Wildman–Crippen LogP) is 3.86. The van der Waals surface area contributed by atoms with Crippen molar-refractivity contribution < 1.29 is 9.47 Å². The second-order valence-corrected chi connectivity index (χ2v) is 8.42. The summed E-state index contributed by atoms with van der Waals surface area (Å²) in [6, 6.07) is 6.69. The monoisotopic (exact) mass is 401 g/mol. The van der Waals surface area contributed by atoms with E-state index >= 15 is 0 Å². The van der Waals surface area contributed by atoms with Gasteiger partial charge in [0.15, 0.2) is 5.96 Å². The van der Waals surface area contributed by atoms with E-state index in [9.17, 15) is 0 Å². The molecule has 162 valence electrons. The highest BCUT2D eigenvalue weighted by atomic mass is 16.5. The van der Waals surface area contributed by atoms with Crippen LogP contribution in [0.15, 0.2) is 23.2 Å². The third kappa shape index (κ3) is 7.00. The fourth-order valence-electron chi connectivity index (χ4n) is 4.25. The summed E-state index contributed by atoms with van der Waals surface area (Å²) in [5.74, 6) is 1.05. The molecule has 2 aliphatic rings. The number of nitrogens with zero attached hydrogens (tertiary/aromatic N) is 2. The Kier molecular flexibility index (Phi) is 8.81.